The second kappa shape index (κ2) is 5.38. The lowest BCUT2D eigenvalue weighted by Gasteiger charge is -2.10. The van der Waals surface area contributed by atoms with Crippen molar-refractivity contribution >= 4 is 28.2 Å². The lowest BCUT2D eigenvalue weighted by atomic mass is 10.0. The van der Waals surface area contributed by atoms with Gasteiger partial charge in [0.2, 0.25) is 0 Å². The molecule has 0 unspecified atom stereocenters. The number of rotatable bonds is 1. The van der Waals surface area contributed by atoms with Crippen LogP contribution >= 0.6 is 11.6 Å². The van der Waals surface area contributed by atoms with Crippen molar-refractivity contribution in [1.29, 1.82) is 0 Å². The number of hydrogen-bond donors (Lipinski definition) is 1. The van der Waals surface area contributed by atoms with Gasteiger partial charge < -0.3 is 5.73 Å². The fourth-order valence-corrected chi connectivity index (χ4v) is 2.49. The van der Waals surface area contributed by atoms with Crippen LogP contribution in [0.3, 0.4) is 0 Å². The highest BCUT2D eigenvalue weighted by atomic mass is 35.5. The summed E-state index contributed by atoms with van der Waals surface area (Å²) in [7, 11) is 0. The third-order valence-electron chi connectivity index (χ3n) is 3.38. The Hall–Kier alpha value is -2.34. The molecule has 2 N–H and O–H groups in total. The maximum absolute atomic E-state index is 13.2. The molecule has 2 nitrogen and oxygen atoms in total. The van der Waals surface area contributed by atoms with Gasteiger partial charge in [0.1, 0.15) is 11.5 Å². The van der Waals surface area contributed by atoms with Crippen molar-refractivity contribution in [3.05, 3.63) is 59.0 Å². The first kappa shape index (κ1) is 15.6. The fraction of sp³-hybridized carbons (Fsp3) is 0.0625. The number of benzene rings is 2. The first-order valence-electron chi connectivity index (χ1n) is 6.48. The summed E-state index contributed by atoms with van der Waals surface area (Å²) in [6.45, 7) is 0. The molecule has 0 saturated heterocycles. The largest absolute Gasteiger partial charge is 0.433 e. The molecule has 0 fully saturated rings. The highest BCUT2D eigenvalue weighted by molar-refractivity contribution is 6.35. The van der Waals surface area contributed by atoms with E-state index in [9.17, 15) is 17.6 Å². The Bertz CT molecular complexity index is 906. The summed E-state index contributed by atoms with van der Waals surface area (Å²) in [5.41, 5.74) is 5.87. The van der Waals surface area contributed by atoms with E-state index in [1.807, 2.05) is 0 Å². The quantitative estimate of drug-likeness (QED) is 0.482. The number of fused-ring (bicyclic) bond motifs is 1. The van der Waals surface area contributed by atoms with E-state index in [2.05, 4.69) is 4.98 Å². The number of aromatic nitrogens is 1. The van der Waals surface area contributed by atoms with Crippen LogP contribution < -0.4 is 5.73 Å². The summed E-state index contributed by atoms with van der Waals surface area (Å²) in [6, 6.07) is 9.59. The Morgan fingerprint density at radius 3 is 2.26 bits per heavy atom. The molecule has 118 valence electrons. The van der Waals surface area contributed by atoms with Crippen molar-refractivity contribution in [2.45, 2.75) is 6.18 Å². The van der Waals surface area contributed by atoms with Gasteiger partial charge in [0.05, 0.1) is 16.2 Å². The summed E-state index contributed by atoms with van der Waals surface area (Å²) in [5, 5.41) is 0.319. The molecule has 0 aliphatic heterocycles. The zero-order valence-electron chi connectivity index (χ0n) is 11.5. The molecular formula is C16H9ClF4N2. The van der Waals surface area contributed by atoms with Crippen LogP contribution in [-0.4, -0.2) is 4.98 Å². The molecule has 7 heteroatoms. The van der Waals surface area contributed by atoms with Crippen molar-refractivity contribution in [2.24, 2.45) is 0 Å². The maximum Gasteiger partial charge on any atom is 0.433 e. The van der Waals surface area contributed by atoms with E-state index >= 15 is 0 Å². The number of alkyl halides is 3. The van der Waals surface area contributed by atoms with Crippen LogP contribution in [-0.2, 0) is 6.18 Å². The highest BCUT2D eigenvalue weighted by Gasteiger charge is 2.33. The van der Waals surface area contributed by atoms with Crippen molar-refractivity contribution in [1.82, 2.24) is 4.98 Å². The average Bonchev–Trinajstić information content (AvgIpc) is 2.49. The van der Waals surface area contributed by atoms with Gasteiger partial charge >= 0.3 is 6.18 Å². The minimum atomic E-state index is -4.57. The third kappa shape index (κ3) is 2.94. The zero-order valence-corrected chi connectivity index (χ0v) is 12.2. The molecular weight excluding hydrogens is 332 g/mol. The number of halogens is 5. The van der Waals surface area contributed by atoms with Crippen molar-refractivity contribution in [3.8, 4) is 11.1 Å². The van der Waals surface area contributed by atoms with Crippen LogP contribution in [0.2, 0.25) is 5.02 Å². The van der Waals surface area contributed by atoms with Gasteiger partial charge in [0, 0.05) is 5.39 Å². The lowest BCUT2D eigenvalue weighted by molar-refractivity contribution is -0.140. The predicted molar refractivity (Wildman–Crippen MR) is 81.6 cm³/mol. The van der Waals surface area contributed by atoms with Crippen LogP contribution in [0.15, 0.2) is 42.5 Å². The number of hydrogen-bond acceptors (Lipinski definition) is 2. The minimum absolute atomic E-state index is 0.0146. The monoisotopic (exact) mass is 340 g/mol. The van der Waals surface area contributed by atoms with Crippen LogP contribution in [0, 0.1) is 5.82 Å². The summed E-state index contributed by atoms with van der Waals surface area (Å²) < 4.78 is 51.5. The van der Waals surface area contributed by atoms with E-state index in [1.54, 1.807) is 12.1 Å². The molecule has 0 aliphatic rings. The molecule has 0 amide bonds. The zero-order chi connectivity index (χ0) is 16.8. The first-order valence-corrected chi connectivity index (χ1v) is 6.86. The molecule has 2 aromatic carbocycles. The Kier molecular flexibility index (Phi) is 3.64. The first-order chi connectivity index (χ1) is 10.8. The second-order valence-electron chi connectivity index (χ2n) is 4.96. The highest BCUT2D eigenvalue weighted by Crippen LogP contribution is 2.34. The van der Waals surface area contributed by atoms with E-state index in [-0.39, 0.29) is 16.2 Å². The van der Waals surface area contributed by atoms with Gasteiger partial charge in [-0.25, -0.2) is 9.37 Å². The number of nitrogens with two attached hydrogens (primary N) is 1. The van der Waals surface area contributed by atoms with Gasteiger partial charge in [-0.1, -0.05) is 23.7 Å². The summed E-state index contributed by atoms with van der Waals surface area (Å²) in [6.07, 6.45) is -4.57. The fourth-order valence-electron chi connectivity index (χ4n) is 2.23. The smallest absolute Gasteiger partial charge is 0.396 e. The normalized spacial score (nSPS) is 11.9. The Morgan fingerprint density at radius 2 is 1.61 bits per heavy atom. The van der Waals surface area contributed by atoms with E-state index in [4.69, 9.17) is 17.3 Å². The van der Waals surface area contributed by atoms with Gasteiger partial charge in [0.25, 0.3) is 0 Å². The SMILES string of the molecule is Nc1cc(-c2ccc3nc(C(F)(F)F)cc(Cl)c3c2)ccc1F. The van der Waals surface area contributed by atoms with Gasteiger partial charge in [-0.05, 0) is 41.5 Å². The Balaban J connectivity index is 2.16. The lowest BCUT2D eigenvalue weighted by Crippen LogP contribution is -2.07. The van der Waals surface area contributed by atoms with Gasteiger partial charge in [-0.2, -0.15) is 13.2 Å². The third-order valence-corrected chi connectivity index (χ3v) is 3.69. The molecule has 0 aliphatic carbocycles. The molecule has 0 spiro atoms. The number of nitrogens with zero attached hydrogens (tertiary/aromatic N) is 1. The molecule has 0 bridgehead atoms. The Morgan fingerprint density at radius 1 is 0.957 bits per heavy atom. The van der Waals surface area contributed by atoms with Gasteiger partial charge in [-0.15, -0.1) is 0 Å². The molecule has 0 saturated carbocycles. The van der Waals surface area contributed by atoms with Crippen LogP contribution in [0.1, 0.15) is 5.69 Å². The topological polar surface area (TPSA) is 38.9 Å². The van der Waals surface area contributed by atoms with E-state index < -0.39 is 17.7 Å². The van der Waals surface area contributed by atoms with Crippen LogP contribution in [0.25, 0.3) is 22.0 Å². The number of anilines is 1. The number of pyridine rings is 1. The van der Waals surface area contributed by atoms with Crippen molar-refractivity contribution in [3.63, 3.8) is 0 Å². The molecule has 23 heavy (non-hydrogen) atoms. The van der Waals surface area contributed by atoms with Crippen LogP contribution in [0.4, 0.5) is 23.2 Å². The van der Waals surface area contributed by atoms with E-state index in [1.165, 1.54) is 24.3 Å². The Labute approximate surface area is 133 Å². The van der Waals surface area contributed by atoms with Crippen LogP contribution in [0.5, 0.6) is 0 Å². The molecule has 1 aromatic heterocycles. The van der Waals surface area contributed by atoms with E-state index in [0.29, 0.717) is 16.5 Å². The van der Waals surface area contributed by atoms with Gasteiger partial charge in [-0.3, -0.25) is 0 Å². The molecule has 3 aromatic rings. The predicted octanol–water partition coefficient (Wildman–Crippen LogP) is 5.30. The number of nitrogen functional groups attached to an aromatic ring is 1. The summed E-state index contributed by atoms with van der Waals surface area (Å²) in [5.74, 6) is -0.538. The van der Waals surface area contributed by atoms with Gasteiger partial charge in [0.15, 0.2) is 0 Å². The summed E-state index contributed by atoms with van der Waals surface area (Å²) in [4.78, 5) is 3.58. The molecule has 3 rings (SSSR count). The maximum atomic E-state index is 13.2. The average molecular weight is 341 g/mol. The molecule has 0 radical (unpaired) electrons. The van der Waals surface area contributed by atoms with E-state index in [0.717, 1.165) is 6.07 Å². The van der Waals surface area contributed by atoms with Crippen molar-refractivity contribution < 1.29 is 17.6 Å². The summed E-state index contributed by atoms with van der Waals surface area (Å²) >= 11 is 5.96. The second-order valence-corrected chi connectivity index (χ2v) is 5.36. The van der Waals surface area contributed by atoms with Crippen molar-refractivity contribution in [2.75, 3.05) is 5.73 Å². The molecule has 0 atom stereocenters. The minimum Gasteiger partial charge on any atom is -0.396 e. The molecule has 1 heterocycles. The standard InChI is InChI=1S/C16H9ClF4N2/c17-11-7-15(16(19,20)21)23-14-4-2-8(5-10(11)14)9-1-3-12(18)13(22)6-9/h1-7H,22H2.